The summed E-state index contributed by atoms with van der Waals surface area (Å²) in [5.74, 6) is 4.21. The summed E-state index contributed by atoms with van der Waals surface area (Å²) >= 11 is 24.1. The Hall–Kier alpha value is -5.87. The monoisotopic (exact) mass is 1330 g/mol. The number of benzene rings is 6. The SMILES string of the molecule is C.COc1cccc(NC(=O)NC2CCCC(CN3CCC(Cc4ccc(F)cc4)CC3)C2)c1.Cc1cccc(OC[C@@H](O)CCN2CCC(Oc3ccc(Cl)c(Cl)c3)CC2)c1.N.N#Cc1cccc(OCCCNC2CCN(Cc3ccc(Cl)c(Cl)c3)CC2)c1.[HH].[HH].[HH].[HH]. The summed E-state index contributed by atoms with van der Waals surface area (Å²) in [6.45, 7) is 13.2. The summed E-state index contributed by atoms with van der Waals surface area (Å²) in [5.41, 5.74) is 4.96. The predicted molar refractivity (Wildman–Crippen MR) is 378 cm³/mol. The van der Waals surface area contributed by atoms with E-state index in [0.717, 1.165) is 157 Å². The second kappa shape index (κ2) is 39.6. The molecule has 3 atom stereocenters. The van der Waals surface area contributed by atoms with Crippen LogP contribution in [0.15, 0.2) is 133 Å². The molecule has 4 fully saturated rings. The lowest BCUT2D eigenvalue weighted by Gasteiger charge is -2.37. The molecule has 6 aromatic carbocycles. The fourth-order valence-corrected chi connectivity index (χ4v) is 12.7. The molecule has 6 aromatic rings. The van der Waals surface area contributed by atoms with E-state index >= 15 is 0 Å². The molecule has 3 heterocycles. The number of urea groups is 1. The van der Waals surface area contributed by atoms with Crippen molar-refractivity contribution in [2.24, 2.45) is 11.8 Å². The molecule has 4 aliphatic rings. The van der Waals surface area contributed by atoms with Crippen molar-refractivity contribution in [2.45, 2.75) is 129 Å². The lowest BCUT2D eigenvalue weighted by atomic mass is 9.84. The lowest BCUT2D eigenvalue weighted by Crippen LogP contribution is -2.44. The molecule has 1 saturated carbocycles. The van der Waals surface area contributed by atoms with Crippen LogP contribution < -0.4 is 41.0 Å². The number of carbonyl (C=O) groups excluding carboxylic acids is 1. The molecule has 10 rings (SSSR count). The van der Waals surface area contributed by atoms with Gasteiger partial charge in [-0.15, -0.1) is 0 Å². The highest BCUT2D eigenvalue weighted by Gasteiger charge is 2.28. The smallest absolute Gasteiger partial charge is 0.319 e. The number of nitriles is 1. The van der Waals surface area contributed by atoms with Crippen molar-refractivity contribution >= 4 is 58.1 Å². The second-order valence-electron chi connectivity index (χ2n) is 24.0. The zero-order valence-electron chi connectivity index (χ0n) is 52.2. The number of aryl methyl sites for hydroxylation is 1. The first-order valence-corrected chi connectivity index (χ1v) is 33.1. The number of methoxy groups -OCH3 is 1. The number of piperidine rings is 3. The zero-order valence-corrected chi connectivity index (χ0v) is 55.2. The average Bonchev–Trinajstić information content (AvgIpc) is 1.15. The molecule has 0 aromatic heterocycles. The number of ether oxygens (including phenoxy) is 4. The molecule has 91 heavy (non-hydrogen) atoms. The minimum absolute atomic E-state index is 0. The van der Waals surface area contributed by atoms with Crippen molar-refractivity contribution < 1.29 is 38.9 Å². The zero-order chi connectivity index (χ0) is 62.7. The van der Waals surface area contributed by atoms with Gasteiger partial charge in [-0.25, -0.2) is 9.18 Å². The van der Waals surface area contributed by atoms with Crippen LogP contribution in [0.25, 0.3) is 0 Å². The molecule has 0 bridgehead atoms. The summed E-state index contributed by atoms with van der Waals surface area (Å²) in [6, 6.07) is 43.6. The predicted octanol–water partition coefficient (Wildman–Crippen LogP) is 17.1. The number of aliphatic hydroxyl groups excluding tert-OH is 1. The number of hydrogen-bond acceptors (Lipinski definition) is 12. The van der Waals surface area contributed by atoms with E-state index < -0.39 is 6.10 Å². The highest BCUT2D eigenvalue weighted by molar-refractivity contribution is 6.42. The third-order valence-corrected chi connectivity index (χ3v) is 18.5. The largest absolute Gasteiger partial charge is 0.497 e. The molecule has 3 aliphatic heterocycles. The molecule has 14 nitrogen and oxygen atoms in total. The van der Waals surface area contributed by atoms with Crippen molar-refractivity contribution in [3.63, 3.8) is 0 Å². The number of amides is 2. The second-order valence-corrected chi connectivity index (χ2v) is 25.7. The molecule has 3 saturated heterocycles. The fraction of sp³-hybridized carbons (Fsp3) is 0.472. The van der Waals surface area contributed by atoms with E-state index in [4.69, 9.17) is 70.6 Å². The number of nitrogens with one attached hydrogen (secondary N) is 3. The van der Waals surface area contributed by atoms with Gasteiger partial charge in [0.2, 0.25) is 0 Å². The molecule has 7 N–H and O–H groups in total. The number of rotatable bonds is 23. The Morgan fingerprint density at radius 2 is 1.35 bits per heavy atom. The number of likely N-dealkylation sites (tertiary alicyclic amines) is 3. The first kappa shape index (κ1) is 74.2. The Morgan fingerprint density at radius 3 is 2.05 bits per heavy atom. The van der Waals surface area contributed by atoms with Gasteiger partial charge in [0.1, 0.15) is 41.5 Å². The van der Waals surface area contributed by atoms with Crippen LogP contribution >= 0.6 is 46.4 Å². The van der Waals surface area contributed by atoms with Crippen LogP contribution in [0.3, 0.4) is 0 Å². The van der Waals surface area contributed by atoms with Gasteiger partial charge in [-0.2, -0.15) is 5.26 Å². The Kier molecular flexibility index (Phi) is 32.3. The highest BCUT2D eigenvalue weighted by atomic mass is 35.5. The van der Waals surface area contributed by atoms with Gasteiger partial charge in [0, 0.05) is 68.3 Å². The fourth-order valence-electron chi connectivity index (χ4n) is 12.1. The maximum absolute atomic E-state index is 13.1. The van der Waals surface area contributed by atoms with E-state index in [2.05, 4.69) is 36.7 Å². The average molecular weight is 1340 g/mol. The van der Waals surface area contributed by atoms with Crippen molar-refractivity contribution in [1.82, 2.24) is 31.5 Å². The van der Waals surface area contributed by atoms with Gasteiger partial charge in [0.05, 0.1) is 51.5 Å². The lowest BCUT2D eigenvalue weighted by molar-refractivity contribution is 0.0669. The van der Waals surface area contributed by atoms with E-state index in [1.54, 1.807) is 43.5 Å². The molecule has 0 spiro atoms. The number of nitrogens with zero attached hydrogens (tertiary/aromatic N) is 4. The summed E-state index contributed by atoms with van der Waals surface area (Å²) in [4.78, 5) is 19.9. The van der Waals surface area contributed by atoms with Gasteiger partial charge in [-0.05, 0) is 224 Å². The van der Waals surface area contributed by atoms with Crippen LogP contribution in [0.5, 0.6) is 23.0 Å². The third kappa shape index (κ3) is 26.6. The van der Waals surface area contributed by atoms with Gasteiger partial charge in [-0.1, -0.05) is 103 Å². The number of aliphatic hydroxyl groups is 1. The maximum Gasteiger partial charge on any atom is 0.319 e. The van der Waals surface area contributed by atoms with Crippen molar-refractivity contribution in [2.75, 3.05) is 84.5 Å². The van der Waals surface area contributed by atoms with Crippen LogP contribution in [0, 0.1) is 35.9 Å². The topological polar surface area (TPSA) is 179 Å². The van der Waals surface area contributed by atoms with Crippen LogP contribution in [-0.4, -0.2) is 129 Å². The van der Waals surface area contributed by atoms with Crippen molar-refractivity contribution in [3.05, 3.63) is 182 Å². The Bertz CT molecular complexity index is 3160. The molecule has 2 amide bonds. The van der Waals surface area contributed by atoms with Gasteiger partial charge < -0.3 is 56.0 Å². The first-order chi connectivity index (χ1) is 43.2. The molecular weight excluding hydrogens is 1230 g/mol. The molecule has 0 radical (unpaired) electrons. The number of hydrogen-bond donors (Lipinski definition) is 5. The summed E-state index contributed by atoms with van der Waals surface area (Å²) in [5, 5.41) is 31.1. The van der Waals surface area contributed by atoms with Crippen LogP contribution in [0.2, 0.25) is 20.1 Å². The molecule has 1 aliphatic carbocycles. The molecule has 2 unspecified atom stereocenters. The quantitative estimate of drug-likeness (QED) is 0.0384. The third-order valence-electron chi connectivity index (χ3n) is 17.0. The van der Waals surface area contributed by atoms with E-state index in [1.165, 1.54) is 30.4 Å². The van der Waals surface area contributed by atoms with E-state index in [1.807, 2.05) is 104 Å². The van der Waals surface area contributed by atoms with E-state index in [9.17, 15) is 14.3 Å². The normalized spacial score (nSPS) is 17.8. The Balaban J connectivity index is 0.000000472. The minimum Gasteiger partial charge on any atom is -0.497 e. The van der Waals surface area contributed by atoms with Crippen LogP contribution in [0.4, 0.5) is 14.9 Å². The highest BCUT2D eigenvalue weighted by Crippen LogP contribution is 2.31. The molecule has 19 heteroatoms. The van der Waals surface area contributed by atoms with Crippen LogP contribution in [0.1, 0.15) is 112 Å². The Morgan fingerprint density at radius 1 is 0.692 bits per heavy atom. The maximum atomic E-state index is 13.1. The van der Waals surface area contributed by atoms with E-state index in [-0.39, 0.29) is 43.3 Å². The molecule has 502 valence electrons. The molecular formula is C72H103Cl4FN8O6. The van der Waals surface area contributed by atoms with Crippen LogP contribution in [-0.2, 0) is 13.0 Å². The van der Waals surface area contributed by atoms with Crippen molar-refractivity contribution in [3.8, 4) is 29.1 Å². The standard InChI is InChI=1S/C27H36FN3O2.C22H25Cl2N3O.C22H27Cl2NO3.CH4.H3N.4H2/c1-33-26-7-3-6-25(18-26)30-27(32)29-24-5-2-4-22(17-24)19-31-14-12-21(13-15-31)16-20-8-10-23(28)11-9-20;23-21-6-5-18(14-22(21)24)16-27-10-7-19(8-11-27)26-9-2-12-28-20-4-1-3-17(13-20)15-25;1-16-3-2-4-19(13-16)27-15-17(26)7-10-25-11-8-18(9-12-25)28-20-5-6-21(23)22(24)14-20;;;;;;/h3,6-11,18,21-22,24H,2,4-5,12-17,19H2,1H3,(H2,29,30,32);1,3-6,13-14,19,26H,2,7-12,16H2;2-6,13-14,17-18,26H,7-12,15H2,1H3;1H4;1H3;4*1H/t;;17-;;;;;;/m..0....../s1. The summed E-state index contributed by atoms with van der Waals surface area (Å²) in [6.07, 6.45) is 13.5. The van der Waals surface area contributed by atoms with Gasteiger partial charge in [0.25, 0.3) is 0 Å². The summed E-state index contributed by atoms with van der Waals surface area (Å²) in [7, 11) is 1.62. The van der Waals surface area contributed by atoms with E-state index in [0.29, 0.717) is 63.2 Å². The van der Waals surface area contributed by atoms with Gasteiger partial charge in [0.15, 0.2) is 0 Å². The van der Waals surface area contributed by atoms with Crippen molar-refractivity contribution in [1.29, 1.82) is 5.26 Å². The number of halogens is 5. The minimum atomic E-state index is -0.467. The van der Waals surface area contributed by atoms with Gasteiger partial charge >= 0.3 is 6.03 Å². The summed E-state index contributed by atoms with van der Waals surface area (Å²) < 4.78 is 35.8. The Labute approximate surface area is 566 Å². The number of anilines is 1. The first-order valence-electron chi connectivity index (χ1n) is 31.6. The number of carbonyl (C=O) groups is 1. The van der Waals surface area contributed by atoms with Gasteiger partial charge in [-0.3, -0.25) is 4.90 Å².